The molecule has 1 saturated heterocycles. The molecule has 2 heterocycles. The zero-order chi connectivity index (χ0) is 13.3. The molecule has 0 saturated carbocycles. The molecule has 0 bridgehead atoms. The Morgan fingerprint density at radius 3 is 2.83 bits per heavy atom. The van der Waals surface area contributed by atoms with Crippen LogP contribution in [0.4, 0.5) is 0 Å². The van der Waals surface area contributed by atoms with Crippen molar-refractivity contribution in [2.45, 2.75) is 52.2 Å². The Bertz CT molecular complexity index is 440. The summed E-state index contributed by atoms with van der Waals surface area (Å²) >= 11 is 0. The highest BCUT2D eigenvalue weighted by molar-refractivity contribution is 5.76. The molecule has 18 heavy (non-hydrogen) atoms. The summed E-state index contributed by atoms with van der Waals surface area (Å²) in [5.41, 5.74) is 7.89. The third-order valence-electron chi connectivity index (χ3n) is 3.63. The quantitative estimate of drug-likeness (QED) is 0.846. The van der Waals surface area contributed by atoms with Crippen molar-refractivity contribution < 1.29 is 4.79 Å². The van der Waals surface area contributed by atoms with Crippen molar-refractivity contribution in [3.63, 3.8) is 0 Å². The maximum absolute atomic E-state index is 12.3. The van der Waals surface area contributed by atoms with Gasteiger partial charge in [0.2, 0.25) is 5.91 Å². The molecule has 100 valence electrons. The van der Waals surface area contributed by atoms with E-state index in [1.54, 1.807) is 4.68 Å². The lowest BCUT2D eigenvalue weighted by molar-refractivity contribution is -0.135. The van der Waals surface area contributed by atoms with Crippen molar-refractivity contribution in [1.82, 2.24) is 14.7 Å². The van der Waals surface area contributed by atoms with E-state index in [4.69, 9.17) is 5.73 Å². The van der Waals surface area contributed by atoms with E-state index in [0.29, 0.717) is 6.54 Å². The standard InChI is InChI=1S/C13H22N4O/c1-9-6-11(3)17(15-9)8-13(18)16-5-4-12(14)7-10(16)2/h6,10,12H,4-5,7-8,14H2,1-3H3. The molecule has 0 spiro atoms. The predicted molar refractivity (Wildman–Crippen MR) is 70.1 cm³/mol. The fraction of sp³-hybridized carbons (Fsp3) is 0.692. The number of nitrogens with zero attached hydrogens (tertiary/aromatic N) is 3. The van der Waals surface area contributed by atoms with Crippen LogP contribution in [-0.4, -0.2) is 39.2 Å². The third-order valence-corrected chi connectivity index (χ3v) is 3.63. The highest BCUT2D eigenvalue weighted by Crippen LogP contribution is 2.16. The maximum Gasteiger partial charge on any atom is 0.244 e. The van der Waals surface area contributed by atoms with Crippen LogP contribution >= 0.6 is 0 Å². The summed E-state index contributed by atoms with van der Waals surface area (Å²) in [6.07, 6.45) is 1.79. The molecular formula is C13H22N4O. The van der Waals surface area contributed by atoms with E-state index in [0.717, 1.165) is 30.8 Å². The molecule has 1 aliphatic rings. The number of carbonyl (C=O) groups excluding carboxylic acids is 1. The second-order valence-corrected chi connectivity index (χ2v) is 5.31. The van der Waals surface area contributed by atoms with Crippen LogP contribution in [0.3, 0.4) is 0 Å². The van der Waals surface area contributed by atoms with Crippen LogP contribution in [0.25, 0.3) is 0 Å². The number of likely N-dealkylation sites (tertiary alicyclic amines) is 1. The zero-order valence-electron chi connectivity index (χ0n) is 11.4. The van der Waals surface area contributed by atoms with Crippen LogP contribution in [0, 0.1) is 13.8 Å². The van der Waals surface area contributed by atoms with Crippen LogP contribution in [-0.2, 0) is 11.3 Å². The first-order valence-electron chi connectivity index (χ1n) is 6.53. The normalized spacial score (nSPS) is 24.3. The van der Waals surface area contributed by atoms with Gasteiger partial charge in [0, 0.05) is 24.3 Å². The van der Waals surface area contributed by atoms with Crippen LogP contribution in [0.5, 0.6) is 0 Å². The molecule has 1 aliphatic heterocycles. The van der Waals surface area contributed by atoms with Crippen LogP contribution in [0.2, 0.25) is 0 Å². The Kier molecular flexibility index (Phi) is 3.71. The van der Waals surface area contributed by atoms with Gasteiger partial charge in [-0.05, 0) is 39.7 Å². The summed E-state index contributed by atoms with van der Waals surface area (Å²) in [7, 11) is 0. The number of nitrogens with two attached hydrogens (primary N) is 1. The summed E-state index contributed by atoms with van der Waals surface area (Å²) in [5, 5.41) is 4.33. The van der Waals surface area contributed by atoms with Crippen molar-refractivity contribution in [3.8, 4) is 0 Å². The number of carbonyl (C=O) groups is 1. The van der Waals surface area contributed by atoms with Crippen molar-refractivity contribution in [2.75, 3.05) is 6.54 Å². The second kappa shape index (κ2) is 5.10. The first-order valence-corrected chi connectivity index (χ1v) is 6.53. The van der Waals surface area contributed by atoms with Crippen molar-refractivity contribution >= 4 is 5.91 Å². The monoisotopic (exact) mass is 250 g/mol. The first-order chi connectivity index (χ1) is 8.47. The second-order valence-electron chi connectivity index (χ2n) is 5.31. The minimum absolute atomic E-state index is 0.139. The number of piperidine rings is 1. The number of aryl methyl sites for hydroxylation is 2. The summed E-state index contributed by atoms with van der Waals surface area (Å²) in [6, 6.07) is 2.46. The minimum atomic E-state index is 0.139. The Morgan fingerprint density at radius 1 is 1.56 bits per heavy atom. The lowest BCUT2D eigenvalue weighted by atomic mass is 9.99. The summed E-state index contributed by atoms with van der Waals surface area (Å²) in [5.74, 6) is 0.139. The fourth-order valence-electron chi connectivity index (χ4n) is 2.63. The van der Waals surface area contributed by atoms with E-state index in [2.05, 4.69) is 12.0 Å². The molecule has 1 amide bonds. The average Bonchev–Trinajstić information content (AvgIpc) is 2.57. The van der Waals surface area contributed by atoms with Crippen molar-refractivity contribution in [3.05, 3.63) is 17.5 Å². The van der Waals surface area contributed by atoms with Crippen molar-refractivity contribution in [1.29, 1.82) is 0 Å². The predicted octanol–water partition coefficient (Wildman–Crippen LogP) is 0.838. The van der Waals surface area contributed by atoms with Gasteiger partial charge in [0.15, 0.2) is 0 Å². The molecule has 5 nitrogen and oxygen atoms in total. The number of amides is 1. The van der Waals surface area contributed by atoms with E-state index in [-0.39, 0.29) is 18.0 Å². The van der Waals surface area contributed by atoms with E-state index in [1.807, 2.05) is 24.8 Å². The summed E-state index contributed by atoms with van der Waals surface area (Å²) in [6.45, 7) is 7.08. The summed E-state index contributed by atoms with van der Waals surface area (Å²) < 4.78 is 1.78. The first kappa shape index (κ1) is 13.1. The Morgan fingerprint density at radius 2 is 2.28 bits per heavy atom. The molecule has 2 N–H and O–H groups in total. The fourth-order valence-corrected chi connectivity index (χ4v) is 2.63. The number of rotatable bonds is 2. The van der Waals surface area contributed by atoms with Crippen LogP contribution in [0.15, 0.2) is 6.07 Å². The van der Waals surface area contributed by atoms with Crippen molar-refractivity contribution in [2.24, 2.45) is 5.73 Å². The van der Waals surface area contributed by atoms with Gasteiger partial charge in [0.25, 0.3) is 0 Å². The molecule has 5 heteroatoms. The lowest BCUT2D eigenvalue weighted by Gasteiger charge is -2.36. The number of hydrogen-bond donors (Lipinski definition) is 1. The highest BCUT2D eigenvalue weighted by atomic mass is 16.2. The van der Waals surface area contributed by atoms with E-state index < -0.39 is 0 Å². The van der Waals surface area contributed by atoms with Gasteiger partial charge in [-0.2, -0.15) is 5.10 Å². The smallest absolute Gasteiger partial charge is 0.244 e. The maximum atomic E-state index is 12.3. The molecule has 1 aromatic rings. The molecule has 2 atom stereocenters. The molecule has 1 fully saturated rings. The highest BCUT2D eigenvalue weighted by Gasteiger charge is 2.27. The lowest BCUT2D eigenvalue weighted by Crippen LogP contribution is -2.49. The zero-order valence-corrected chi connectivity index (χ0v) is 11.4. The molecule has 0 radical (unpaired) electrons. The van der Waals surface area contributed by atoms with E-state index >= 15 is 0 Å². The Labute approximate surface area is 108 Å². The minimum Gasteiger partial charge on any atom is -0.338 e. The van der Waals surface area contributed by atoms with Gasteiger partial charge in [0.1, 0.15) is 6.54 Å². The average molecular weight is 250 g/mol. The van der Waals surface area contributed by atoms with Gasteiger partial charge in [-0.15, -0.1) is 0 Å². The molecular weight excluding hydrogens is 228 g/mol. The van der Waals surface area contributed by atoms with Gasteiger partial charge in [-0.25, -0.2) is 0 Å². The molecule has 2 rings (SSSR count). The topological polar surface area (TPSA) is 64.2 Å². The largest absolute Gasteiger partial charge is 0.338 e. The van der Waals surface area contributed by atoms with Crippen LogP contribution < -0.4 is 5.73 Å². The number of aromatic nitrogens is 2. The van der Waals surface area contributed by atoms with Gasteiger partial charge in [-0.3, -0.25) is 9.48 Å². The SMILES string of the molecule is Cc1cc(C)n(CC(=O)N2CCC(N)CC2C)n1. The van der Waals surface area contributed by atoms with Gasteiger partial charge in [0.05, 0.1) is 5.69 Å². The van der Waals surface area contributed by atoms with E-state index in [1.165, 1.54) is 0 Å². The molecule has 1 aromatic heterocycles. The molecule has 0 aliphatic carbocycles. The number of hydrogen-bond acceptors (Lipinski definition) is 3. The van der Waals surface area contributed by atoms with E-state index in [9.17, 15) is 4.79 Å². The van der Waals surface area contributed by atoms with Gasteiger partial charge in [-0.1, -0.05) is 0 Å². The third kappa shape index (κ3) is 2.72. The Hall–Kier alpha value is -1.36. The van der Waals surface area contributed by atoms with Gasteiger partial charge >= 0.3 is 0 Å². The Balaban J connectivity index is 2.02. The molecule has 0 aromatic carbocycles. The molecule has 2 unspecified atom stereocenters. The van der Waals surface area contributed by atoms with Gasteiger partial charge < -0.3 is 10.6 Å². The summed E-state index contributed by atoms with van der Waals surface area (Å²) in [4.78, 5) is 14.2. The van der Waals surface area contributed by atoms with Crippen LogP contribution in [0.1, 0.15) is 31.2 Å².